The second-order valence-corrected chi connectivity index (χ2v) is 7.78. The molecule has 0 saturated carbocycles. The Labute approximate surface area is 217 Å². The molecule has 10 nitrogen and oxygen atoms in total. The third kappa shape index (κ3) is 6.64. The van der Waals surface area contributed by atoms with Crippen molar-refractivity contribution in [1.29, 1.82) is 0 Å². The van der Waals surface area contributed by atoms with Gasteiger partial charge in [-0.1, -0.05) is 48.5 Å². The van der Waals surface area contributed by atoms with E-state index >= 15 is 0 Å². The lowest BCUT2D eigenvalue weighted by Crippen LogP contribution is -2.09. The Morgan fingerprint density at radius 1 is 0.579 bits per heavy atom. The van der Waals surface area contributed by atoms with Crippen molar-refractivity contribution in [2.45, 2.75) is 0 Å². The zero-order valence-electron chi connectivity index (χ0n) is 20.0. The lowest BCUT2D eigenvalue weighted by Gasteiger charge is -2.11. The first-order valence-corrected chi connectivity index (χ1v) is 11.5. The Morgan fingerprint density at radius 3 is 1.37 bits per heavy atom. The van der Waals surface area contributed by atoms with Gasteiger partial charge in [-0.2, -0.15) is 0 Å². The van der Waals surface area contributed by atoms with Gasteiger partial charge in [0.25, 0.3) is 11.4 Å². The first-order valence-electron chi connectivity index (χ1n) is 11.5. The average Bonchev–Trinajstić information content (AvgIpc) is 2.94. The second kappa shape index (κ2) is 12.5. The van der Waals surface area contributed by atoms with Crippen LogP contribution >= 0.6 is 0 Å². The van der Waals surface area contributed by atoms with Crippen molar-refractivity contribution in [2.24, 2.45) is 9.98 Å². The predicted molar refractivity (Wildman–Crippen MR) is 145 cm³/mol. The normalized spacial score (nSPS) is 11.1. The molecule has 0 radical (unpaired) electrons. The molecule has 0 fully saturated rings. The van der Waals surface area contributed by atoms with E-state index in [-0.39, 0.29) is 24.6 Å². The van der Waals surface area contributed by atoms with Crippen LogP contribution in [0.1, 0.15) is 11.1 Å². The van der Waals surface area contributed by atoms with Gasteiger partial charge in [0.05, 0.1) is 21.0 Å². The van der Waals surface area contributed by atoms with Crippen LogP contribution in [0.15, 0.2) is 107 Å². The number of rotatable bonds is 11. The Balaban J connectivity index is 1.40. The molecule has 190 valence electrons. The van der Waals surface area contributed by atoms with Crippen LogP contribution in [0.3, 0.4) is 0 Å². The van der Waals surface area contributed by atoms with E-state index in [0.29, 0.717) is 34.0 Å². The minimum absolute atomic E-state index is 0.0359. The smallest absolute Gasteiger partial charge is 0.278 e. The molecule has 0 spiro atoms. The SMILES string of the molecule is O=[N+]([O-])c1ccccc1C=Nc1ccccc1OCCOc1ccccc1N=Cc1ccccc1[N+](=O)[O-]. The molecular formula is C28H22N4O6. The molecule has 0 N–H and O–H groups in total. The molecule has 0 aromatic heterocycles. The maximum absolute atomic E-state index is 11.2. The van der Waals surface area contributed by atoms with E-state index in [1.165, 1.54) is 24.6 Å². The van der Waals surface area contributed by atoms with Gasteiger partial charge >= 0.3 is 0 Å². The van der Waals surface area contributed by atoms with Crippen LogP contribution in [-0.2, 0) is 0 Å². The molecule has 0 heterocycles. The number of nitro benzene ring substituents is 2. The van der Waals surface area contributed by atoms with Crippen molar-refractivity contribution >= 4 is 35.2 Å². The number of nitro groups is 2. The summed E-state index contributed by atoms with van der Waals surface area (Å²) in [6.07, 6.45) is 2.87. The van der Waals surface area contributed by atoms with E-state index in [9.17, 15) is 20.2 Å². The van der Waals surface area contributed by atoms with E-state index in [1.54, 1.807) is 84.9 Å². The molecule has 0 aliphatic rings. The summed E-state index contributed by atoms with van der Waals surface area (Å²) in [6.45, 7) is 0.389. The van der Waals surface area contributed by atoms with E-state index in [2.05, 4.69) is 9.98 Å². The molecular weight excluding hydrogens is 488 g/mol. The predicted octanol–water partition coefficient (Wildman–Crippen LogP) is 6.46. The Morgan fingerprint density at radius 2 is 0.947 bits per heavy atom. The molecule has 4 aromatic rings. The number of para-hydroxylation sites is 6. The quantitative estimate of drug-likeness (QED) is 0.0985. The van der Waals surface area contributed by atoms with E-state index in [1.807, 2.05) is 0 Å². The van der Waals surface area contributed by atoms with Crippen LogP contribution in [0.5, 0.6) is 11.5 Å². The lowest BCUT2D eigenvalue weighted by molar-refractivity contribution is -0.385. The van der Waals surface area contributed by atoms with Crippen LogP contribution in [0.25, 0.3) is 0 Å². The fourth-order valence-electron chi connectivity index (χ4n) is 3.48. The van der Waals surface area contributed by atoms with Gasteiger partial charge in [-0.05, 0) is 36.4 Å². The lowest BCUT2D eigenvalue weighted by atomic mass is 10.2. The summed E-state index contributed by atoms with van der Waals surface area (Å²) in [7, 11) is 0. The fraction of sp³-hybridized carbons (Fsp3) is 0.0714. The third-order valence-electron chi connectivity index (χ3n) is 5.28. The molecule has 10 heteroatoms. The summed E-state index contributed by atoms with van der Waals surface area (Å²) < 4.78 is 11.7. The first kappa shape index (κ1) is 25.7. The molecule has 0 atom stereocenters. The zero-order chi connectivity index (χ0) is 26.7. The van der Waals surface area contributed by atoms with Crippen LogP contribution < -0.4 is 9.47 Å². The van der Waals surface area contributed by atoms with Crippen LogP contribution in [0.4, 0.5) is 22.7 Å². The molecule has 0 saturated heterocycles. The Kier molecular flexibility index (Phi) is 8.48. The Hall–Kier alpha value is -5.38. The third-order valence-corrected chi connectivity index (χ3v) is 5.28. The van der Waals surface area contributed by atoms with Crippen molar-refractivity contribution in [3.8, 4) is 11.5 Å². The van der Waals surface area contributed by atoms with Gasteiger partial charge in [-0.15, -0.1) is 0 Å². The minimum Gasteiger partial charge on any atom is -0.488 e. The second-order valence-electron chi connectivity index (χ2n) is 7.78. The van der Waals surface area contributed by atoms with E-state index in [0.717, 1.165) is 0 Å². The maximum atomic E-state index is 11.2. The van der Waals surface area contributed by atoms with Crippen LogP contribution in [-0.4, -0.2) is 35.5 Å². The standard InChI is InChI=1S/C28H22N4O6/c33-31(34)25-13-5-1-9-21(25)19-29-23-11-3-7-15-27(23)37-17-18-38-28-16-8-4-12-24(28)30-20-22-10-2-6-14-26(22)32(35)36/h1-16,19-20H,17-18H2. The highest BCUT2D eigenvalue weighted by Crippen LogP contribution is 2.29. The molecule has 0 aliphatic carbocycles. The maximum Gasteiger partial charge on any atom is 0.278 e. The van der Waals surface area contributed by atoms with Gasteiger partial charge < -0.3 is 9.47 Å². The van der Waals surface area contributed by atoms with Crippen molar-refractivity contribution in [3.05, 3.63) is 128 Å². The van der Waals surface area contributed by atoms with Gasteiger partial charge in [-0.3, -0.25) is 30.2 Å². The Bertz CT molecular complexity index is 1390. The average molecular weight is 511 g/mol. The van der Waals surface area contributed by atoms with Gasteiger partial charge in [0.2, 0.25) is 0 Å². The van der Waals surface area contributed by atoms with Gasteiger partial charge in [0.1, 0.15) is 36.1 Å². The van der Waals surface area contributed by atoms with Gasteiger partial charge in [0.15, 0.2) is 0 Å². The summed E-state index contributed by atoms with van der Waals surface area (Å²) in [6, 6.07) is 26.9. The number of hydrogen-bond acceptors (Lipinski definition) is 8. The number of hydrogen-bond donors (Lipinski definition) is 0. The molecule has 4 rings (SSSR count). The summed E-state index contributed by atoms with van der Waals surface area (Å²) in [4.78, 5) is 30.3. The van der Waals surface area contributed by atoms with Crippen molar-refractivity contribution in [2.75, 3.05) is 13.2 Å². The summed E-state index contributed by atoms with van der Waals surface area (Å²) in [5.41, 5.74) is 1.72. The molecule has 4 aromatic carbocycles. The highest BCUT2D eigenvalue weighted by molar-refractivity contribution is 5.88. The van der Waals surface area contributed by atoms with Crippen LogP contribution in [0.2, 0.25) is 0 Å². The zero-order valence-corrected chi connectivity index (χ0v) is 20.0. The van der Waals surface area contributed by atoms with Gasteiger partial charge in [-0.25, -0.2) is 0 Å². The van der Waals surface area contributed by atoms with Crippen molar-refractivity contribution in [1.82, 2.24) is 0 Å². The number of aliphatic imine (C=N–C) groups is 2. The highest BCUT2D eigenvalue weighted by Gasteiger charge is 2.12. The number of ether oxygens (including phenoxy) is 2. The molecule has 38 heavy (non-hydrogen) atoms. The summed E-state index contributed by atoms with van der Waals surface area (Å²) >= 11 is 0. The first-order chi connectivity index (χ1) is 18.5. The molecule has 0 amide bonds. The fourth-order valence-corrected chi connectivity index (χ4v) is 3.48. The topological polar surface area (TPSA) is 129 Å². The molecule has 0 bridgehead atoms. The van der Waals surface area contributed by atoms with E-state index < -0.39 is 9.85 Å². The summed E-state index contributed by atoms with van der Waals surface area (Å²) in [5.74, 6) is 0.988. The van der Waals surface area contributed by atoms with E-state index in [4.69, 9.17) is 9.47 Å². The monoisotopic (exact) mass is 510 g/mol. The minimum atomic E-state index is -0.454. The molecule has 0 aliphatic heterocycles. The molecule has 0 unspecified atom stereocenters. The summed E-state index contributed by atoms with van der Waals surface area (Å²) in [5, 5.41) is 22.5. The van der Waals surface area contributed by atoms with Crippen molar-refractivity contribution < 1.29 is 19.3 Å². The number of nitrogens with zero attached hydrogens (tertiary/aromatic N) is 4. The largest absolute Gasteiger partial charge is 0.488 e. The van der Waals surface area contributed by atoms with Gasteiger partial charge in [0, 0.05) is 24.6 Å². The van der Waals surface area contributed by atoms with Crippen LogP contribution in [0, 0.1) is 20.2 Å². The highest BCUT2D eigenvalue weighted by atomic mass is 16.6. The van der Waals surface area contributed by atoms with Crippen molar-refractivity contribution in [3.63, 3.8) is 0 Å². The number of benzene rings is 4.